The number of rotatable bonds is 5. The molecule has 0 saturated carbocycles. The van der Waals surface area contributed by atoms with Gasteiger partial charge in [0, 0.05) is 25.6 Å². The first-order valence-electron chi connectivity index (χ1n) is 15.3. The van der Waals surface area contributed by atoms with Crippen LogP contribution in [0.2, 0.25) is 5.02 Å². The Kier molecular flexibility index (Phi) is 8.18. The van der Waals surface area contributed by atoms with Crippen LogP contribution in [0.4, 0.5) is 10.2 Å². The molecular weight excluding hydrogens is 613 g/mol. The van der Waals surface area contributed by atoms with Crippen LogP contribution in [0, 0.1) is 5.82 Å². The van der Waals surface area contributed by atoms with Crippen LogP contribution >= 0.6 is 11.6 Å². The van der Waals surface area contributed by atoms with E-state index in [1.165, 1.54) is 35.2 Å². The SMILES string of the molecule is C=CC(=O)N1CC2CCOc3c(Cl)c(-c4c(O)cccc4F)nc4c3c(nc(=O)n4-c3c(C(C)C)ncnc3C(C)C)N2CC1C. The zero-order valence-electron chi connectivity index (χ0n) is 26.3. The minimum atomic E-state index is -0.749. The number of hydrogen-bond donors (Lipinski definition) is 1. The molecule has 5 heterocycles. The van der Waals surface area contributed by atoms with E-state index in [1.54, 1.807) is 4.90 Å². The third-order valence-corrected chi connectivity index (χ3v) is 8.95. The van der Waals surface area contributed by atoms with Gasteiger partial charge in [0.25, 0.3) is 0 Å². The summed E-state index contributed by atoms with van der Waals surface area (Å²) in [6.07, 6.45) is 3.24. The van der Waals surface area contributed by atoms with Crippen molar-refractivity contribution in [2.75, 3.05) is 24.6 Å². The third kappa shape index (κ3) is 5.04. The highest BCUT2D eigenvalue weighted by molar-refractivity contribution is 6.36. The van der Waals surface area contributed by atoms with Gasteiger partial charge in [0.2, 0.25) is 5.91 Å². The number of anilines is 1. The van der Waals surface area contributed by atoms with Crippen molar-refractivity contribution in [2.45, 2.75) is 65.0 Å². The van der Waals surface area contributed by atoms with Gasteiger partial charge in [-0.3, -0.25) is 4.79 Å². The zero-order chi connectivity index (χ0) is 33.0. The smallest absolute Gasteiger partial charge is 0.355 e. The molecule has 0 bridgehead atoms. The van der Waals surface area contributed by atoms with E-state index in [1.807, 2.05) is 39.5 Å². The number of pyridine rings is 1. The van der Waals surface area contributed by atoms with Crippen LogP contribution in [0.3, 0.4) is 0 Å². The van der Waals surface area contributed by atoms with Crippen molar-refractivity contribution >= 4 is 34.4 Å². The number of carbonyl (C=O) groups is 1. The van der Waals surface area contributed by atoms with E-state index in [0.29, 0.717) is 47.8 Å². The van der Waals surface area contributed by atoms with E-state index >= 15 is 4.39 Å². The number of nitrogens with zero attached hydrogens (tertiary/aromatic N) is 7. The molecule has 3 aromatic heterocycles. The summed E-state index contributed by atoms with van der Waals surface area (Å²) in [5, 5.41) is 11.1. The van der Waals surface area contributed by atoms with Gasteiger partial charge in [-0.05, 0) is 37.0 Å². The lowest BCUT2D eigenvalue weighted by Crippen LogP contribution is -2.60. The molecule has 0 aliphatic carbocycles. The van der Waals surface area contributed by atoms with Gasteiger partial charge in [0.05, 0.1) is 35.3 Å². The van der Waals surface area contributed by atoms with E-state index in [2.05, 4.69) is 21.5 Å². The highest BCUT2D eigenvalue weighted by atomic mass is 35.5. The highest BCUT2D eigenvalue weighted by Crippen LogP contribution is 2.47. The Labute approximate surface area is 270 Å². The number of phenols is 1. The van der Waals surface area contributed by atoms with E-state index in [-0.39, 0.29) is 69.9 Å². The summed E-state index contributed by atoms with van der Waals surface area (Å²) >= 11 is 7.00. The Morgan fingerprint density at radius 1 is 1.15 bits per heavy atom. The van der Waals surface area contributed by atoms with Gasteiger partial charge < -0.3 is 19.6 Å². The fraction of sp³-hybridized carbons (Fsp3) is 0.394. The number of aromatic nitrogens is 5. The van der Waals surface area contributed by atoms with E-state index < -0.39 is 11.5 Å². The molecule has 0 radical (unpaired) electrons. The molecule has 2 atom stereocenters. The molecule has 1 aromatic carbocycles. The second-order valence-corrected chi connectivity index (χ2v) is 12.7. The van der Waals surface area contributed by atoms with Crippen LogP contribution in [0.15, 0.2) is 42.0 Å². The second kappa shape index (κ2) is 12.0. The number of benzene rings is 1. The summed E-state index contributed by atoms with van der Waals surface area (Å²) in [6, 6.07) is 3.43. The highest BCUT2D eigenvalue weighted by Gasteiger charge is 2.39. The largest absolute Gasteiger partial charge is 0.507 e. The van der Waals surface area contributed by atoms with Crippen molar-refractivity contribution < 1.29 is 19.0 Å². The summed E-state index contributed by atoms with van der Waals surface area (Å²) in [5.41, 5.74) is 0.753. The van der Waals surface area contributed by atoms with E-state index in [9.17, 15) is 14.7 Å². The lowest BCUT2D eigenvalue weighted by Gasteiger charge is -2.46. The predicted molar refractivity (Wildman–Crippen MR) is 174 cm³/mol. The Morgan fingerprint density at radius 3 is 2.48 bits per heavy atom. The van der Waals surface area contributed by atoms with Crippen LogP contribution < -0.4 is 15.3 Å². The number of halogens is 2. The average Bonchev–Trinajstić information content (AvgIpc) is 3.01. The lowest BCUT2D eigenvalue weighted by atomic mass is 10.0. The second-order valence-electron chi connectivity index (χ2n) is 12.3. The minimum Gasteiger partial charge on any atom is -0.507 e. The van der Waals surface area contributed by atoms with E-state index in [0.717, 1.165) is 0 Å². The van der Waals surface area contributed by atoms with Crippen molar-refractivity contribution in [1.29, 1.82) is 0 Å². The Bertz CT molecular complexity index is 1900. The van der Waals surface area contributed by atoms with Crippen molar-refractivity contribution in [3.05, 3.63) is 69.9 Å². The fourth-order valence-corrected chi connectivity index (χ4v) is 6.67. The quantitative estimate of drug-likeness (QED) is 0.285. The molecule has 240 valence electrons. The van der Waals surface area contributed by atoms with Crippen LogP contribution in [-0.4, -0.2) is 72.2 Å². The Hall–Kier alpha value is -4.58. The van der Waals surface area contributed by atoms with Gasteiger partial charge in [-0.1, -0.05) is 51.9 Å². The Morgan fingerprint density at radius 2 is 1.85 bits per heavy atom. The first kappa shape index (κ1) is 31.4. The fourth-order valence-electron chi connectivity index (χ4n) is 6.38. The van der Waals surface area contributed by atoms with Crippen LogP contribution in [-0.2, 0) is 4.79 Å². The molecule has 2 aliphatic heterocycles. The van der Waals surface area contributed by atoms with Crippen LogP contribution in [0.1, 0.15) is 64.3 Å². The first-order chi connectivity index (χ1) is 21.9. The molecule has 4 aromatic rings. The number of carbonyl (C=O) groups excluding carboxylic acids is 1. The summed E-state index contributed by atoms with van der Waals surface area (Å²) in [5.74, 6) is -1.09. The summed E-state index contributed by atoms with van der Waals surface area (Å²) in [4.78, 5) is 49.4. The molecule has 2 unspecified atom stereocenters. The Balaban J connectivity index is 1.75. The molecule has 11 nitrogen and oxygen atoms in total. The molecule has 2 aliphatic rings. The molecule has 6 rings (SSSR count). The molecule has 13 heteroatoms. The average molecular weight is 648 g/mol. The van der Waals surface area contributed by atoms with Gasteiger partial charge >= 0.3 is 5.69 Å². The van der Waals surface area contributed by atoms with E-state index in [4.69, 9.17) is 21.3 Å². The number of fused-ring (bicyclic) bond motifs is 2. The normalized spacial score (nSPS) is 17.9. The van der Waals surface area contributed by atoms with Crippen LogP contribution in [0.5, 0.6) is 11.5 Å². The van der Waals surface area contributed by atoms with Crippen molar-refractivity contribution in [3.63, 3.8) is 0 Å². The summed E-state index contributed by atoms with van der Waals surface area (Å²) in [7, 11) is 0. The standard InChI is InChI=1S/C33H35ClFN7O4/c1-7-22(44)40-14-19-11-12-46-30-24-31(41(19)13-18(40)6)39-33(45)42(29-26(16(2)3)36-15-37-27(29)17(4)5)32(24)38-28(25(30)34)23-20(35)9-8-10-21(23)43/h7-10,15-19,43H,1,11-14H2,2-6H3. The third-order valence-electron chi connectivity index (χ3n) is 8.60. The first-order valence-corrected chi connectivity index (χ1v) is 15.6. The predicted octanol–water partition coefficient (Wildman–Crippen LogP) is 5.36. The lowest BCUT2D eigenvalue weighted by molar-refractivity contribution is -0.129. The van der Waals surface area contributed by atoms with Gasteiger partial charge in [-0.15, -0.1) is 0 Å². The molecule has 46 heavy (non-hydrogen) atoms. The van der Waals surface area contributed by atoms with Crippen molar-refractivity contribution in [3.8, 4) is 28.4 Å². The topological polar surface area (TPSA) is 127 Å². The number of hydrogen-bond acceptors (Lipinski definition) is 9. The maximum absolute atomic E-state index is 15.4. The van der Waals surface area contributed by atoms with Gasteiger partial charge in [-0.25, -0.2) is 28.7 Å². The monoisotopic (exact) mass is 647 g/mol. The van der Waals surface area contributed by atoms with Gasteiger partial charge in [-0.2, -0.15) is 4.98 Å². The molecule has 0 spiro atoms. The maximum atomic E-state index is 15.4. The summed E-state index contributed by atoms with van der Waals surface area (Å²) < 4.78 is 23.1. The maximum Gasteiger partial charge on any atom is 0.355 e. The number of piperazine rings is 1. The van der Waals surface area contributed by atoms with Crippen LogP contribution in [0.25, 0.3) is 28.0 Å². The van der Waals surface area contributed by atoms with Crippen molar-refractivity contribution in [1.82, 2.24) is 29.4 Å². The molecule has 1 fully saturated rings. The molecular formula is C33H35ClFN7O4. The number of amides is 1. The minimum absolute atomic E-state index is 0.0365. The zero-order valence-corrected chi connectivity index (χ0v) is 27.0. The molecule has 1 saturated heterocycles. The van der Waals surface area contributed by atoms with Crippen molar-refractivity contribution in [2.24, 2.45) is 0 Å². The number of aromatic hydroxyl groups is 1. The molecule has 1 N–H and O–H groups in total. The number of ether oxygens (including phenoxy) is 1. The van der Waals surface area contributed by atoms with Gasteiger partial charge in [0.1, 0.15) is 39.8 Å². The molecule has 1 amide bonds. The number of phenolic OH excluding ortho intramolecular Hbond substituents is 1. The van der Waals surface area contributed by atoms with Gasteiger partial charge in [0.15, 0.2) is 11.4 Å². The summed E-state index contributed by atoms with van der Waals surface area (Å²) in [6.45, 7) is 14.3.